The van der Waals surface area contributed by atoms with Crippen molar-refractivity contribution >= 4 is 11.8 Å². The third-order valence-corrected chi connectivity index (χ3v) is 5.22. The van der Waals surface area contributed by atoms with Gasteiger partial charge < -0.3 is 19.7 Å². The van der Waals surface area contributed by atoms with Gasteiger partial charge in [0.15, 0.2) is 0 Å². The Morgan fingerprint density at radius 1 is 1.17 bits per heavy atom. The van der Waals surface area contributed by atoms with E-state index in [-0.39, 0.29) is 29.1 Å². The van der Waals surface area contributed by atoms with Crippen molar-refractivity contribution in [2.75, 3.05) is 33.9 Å². The maximum absolute atomic E-state index is 13.0. The van der Waals surface area contributed by atoms with E-state index in [0.29, 0.717) is 43.5 Å². The van der Waals surface area contributed by atoms with Crippen molar-refractivity contribution in [1.82, 2.24) is 10.2 Å². The lowest BCUT2D eigenvalue weighted by Crippen LogP contribution is -2.37. The fourth-order valence-corrected chi connectivity index (χ4v) is 3.71. The van der Waals surface area contributed by atoms with Gasteiger partial charge in [-0.2, -0.15) is 0 Å². The molecule has 1 fully saturated rings. The van der Waals surface area contributed by atoms with Gasteiger partial charge in [0.25, 0.3) is 0 Å². The minimum Gasteiger partial charge on any atom is -0.497 e. The number of benzene rings is 1. The van der Waals surface area contributed by atoms with E-state index in [1.165, 1.54) is 0 Å². The lowest BCUT2D eigenvalue weighted by atomic mass is 9.87. The highest BCUT2D eigenvalue weighted by Gasteiger charge is 2.42. The van der Waals surface area contributed by atoms with Crippen LogP contribution in [0.3, 0.4) is 0 Å². The summed E-state index contributed by atoms with van der Waals surface area (Å²) in [5, 5.41) is 3.05. The first-order valence-electron chi connectivity index (χ1n) is 10.3. The zero-order valence-corrected chi connectivity index (χ0v) is 18.9. The van der Waals surface area contributed by atoms with Crippen LogP contribution in [0.4, 0.5) is 0 Å². The minimum atomic E-state index is -0.306. The average Bonchev–Trinajstić information content (AvgIpc) is 3.09. The van der Waals surface area contributed by atoms with Crippen LogP contribution in [-0.2, 0) is 9.59 Å². The number of hydrogen-bond donors (Lipinski definition) is 1. The SMILES string of the molecule is COc1ccc(C2CN(C(=O)CC(C)(C)C)CC2C(=O)NCC(C)C)c(OC)c1. The fourth-order valence-electron chi connectivity index (χ4n) is 3.71. The van der Waals surface area contributed by atoms with Crippen LogP contribution < -0.4 is 14.8 Å². The Kier molecular flexibility index (Phi) is 7.55. The zero-order valence-electron chi connectivity index (χ0n) is 18.9. The molecule has 1 aliphatic rings. The summed E-state index contributed by atoms with van der Waals surface area (Å²) in [6.07, 6.45) is 0.458. The molecule has 2 unspecified atom stereocenters. The van der Waals surface area contributed by atoms with Crippen LogP contribution in [0, 0.1) is 17.3 Å². The van der Waals surface area contributed by atoms with E-state index in [2.05, 4.69) is 39.9 Å². The number of amides is 2. The molecule has 0 spiro atoms. The van der Waals surface area contributed by atoms with Crippen molar-refractivity contribution in [2.24, 2.45) is 17.3 Å². The fraction of sp³-hybridized carbons (Fsp3) is 0.652. The Labute approximate surface area is 174 Å². The molecular weight excluding hydrogens is 368 g/mol. The first-order valence-corrected chi connectivity index (χ1v) is 10.3. The number of nitrogens with one attached hydrogen (secondary N) is 1. The maximum atomic E-state index is 13.0. The van der Waals surface area contributed by atoms with Crippen molar-refractivity contribution in [2.45, 2.75) is 47.0 Å². The molecule has 29 heavy (non-hydrogen) atoms. The Balaban J connectivity index is 2.32. The van der Waals surface area contributed by atoms with Gasteiger partial charge in [-0.25, -0.2) is 0 Å². The minimum absolute atomic E-state index is 0.00682. The molecule has 2 amide bonds. The molecule has 1 heterocycles. The van der Waals surface area contributed by atoms with E-state index >= 15 is 0 Å². The number of rotatable bonds is 7. The van der Waals surface area contributed by atoms with Gasteiger partial charge >= 0.3 is 0 Å². The van der Waals surface area contributed by atoms with Crippen molar-refractivity contribution in [3.8, 4) is 11.5 Å². The molecule has 2 rings (SSSR count). The van der Waals surface area contributed by atoms with Gasteiger partial charge in [-0.05, 0) is 17.4 Å². The summed E-state index contributed by atoms with van der Waals surface area (Å²) in [4.78, 5) is 27.7. The maximum Gasteiger partial charge on any atom is 0.225 e. The second-order valence-corrected chi connectivity index (χ2v) is 9.50. The third kappa shape index (κ3) is 6.12. The lowest BCUT2D eigenvalue weighted by molar-refractivity contribution is -0.132. The molecule has 6 heteroatoms. The van der Waals surface area contributed by atoms with Gasteiger partial charge in [-0.3, -0.25) is 9.59 Å². The van der Waals surface area contributed by atoms with Crippen LogP contribution in [-0.4, -0.2) is 50.6 Å². The number of nitrogens with zero attached hydrogens (tertiary/aromatic N) is 1. The summed E-state index contributed by atoms with van der Waals surface area (Å²) < 4.78 is 10.9. The Hall–Kier alpha value is -2.24. The van der Waals surface area contributed by atoms with E-state index in [1.54, 1.807) is 14.2 Å². The molecule has 0 aromatic heterocycles. The predicted molar refractivity (Wildman–Crippen MR) is 114 cm³/mol. The van der Waals surface area contributed by atoms with Gasteiger partial charge in [0, 0.05) is 43.6 Å². The number of hydrogen-bond acceptors (Lipinski definition) is 4. The van der Waals surface area contributed by atoms with E-state index in [9.17, 15) is 9.59 Å². The van der Waals surface area contributed by atoms with E-state index in [4.69, 9.17) is 9.47 Å². The highest BCUT2D eigenvalue weighted by Crippen LogP contribution is 2.40. The van der Waals surface area contributed by atoms with Crippen LogP contribution in [0.25, 0.3) is 0 Å². The molecule has 0 bridgehead atoms. The van der Waals surface area contributed by atoms with Gasteiger partial charge in [0.2, 0.25) is 11.8 Å². The molecule has 1 N–H and O–H groups in total. The van der Waals surface area contributed by atoms with Gasteiger partial charge in [0.1, 0.15) is 11.5 Å². The van der Waals surface area contributed by atoms with Crippen LogP contribution in [0.15, 0.2) is 18.2 Å². The summed E-state index contributed by atoms with van der Waals surface area (Å²) in [6, 6.07) is 5.65. The summed E-state index contributed by atoms with van der Waals surface area (Å²) in [5.41, 5.74) is 0.839. The molecule has 1 aliphatic heterocycles. The zero-order chi connectivity index (χ0) is 21.8. The first-order chi connectivity index (χ1) is 13.6. The molecular formula is C23H36N2O4. The Morgan fingerprint density at radius 2 is 1.86 bits per heavy atom. The van der Waals surface area contributed by atoms with Crippen molar-refractivity contribution < 1.29 is 19.1 Å². The lowest BCUT2D eigenvalue weighted by Gasteiger charge is -2.23. The van der Waals surface area contributed by atoms with Crippen molar-refractivity contribution in [1.29, 1.82) is 0 Å². The topological polar surface area (TPSA) is 67.9 Å². The number of likely N-dealkylation sites (tertiary alicyclic amines) is 1. The Morgan fingerprint density at radius 3 is 2.41 bits per heavy atom. The summed E-state index contributed by atoms with van der Waals surface area (Å²) in [7, 11) is 3.22. The molecule has 6 nitrogen and oxygen atoms in total. The molecule has 162 valence electrons. The van der Waals surface area contributed by atoms with E-state index < -0.39 is 0 Å². The first kappa shape index (κ1) is 23.0. The number of methoxy groups -OCH3 is 2. The number of carbonyl (C=O) groups is 2. The number of carbonyl (C=O) groups excluding carboxylic acids is 2. The summed E-state index contributed by atoms with van der Waals surface area (Å²) in [5.74, 6) is 1.41. The van der Waals surface area contributed by atoms with Crippen LogP contribution >= 0.6 is 0 Å². The van der Waals surface area contributed by atoms with E-state index in [1.807, 2.05) is 23.1 Å². The van der Waals surface area contributed by atoms with Gasteiger partial charge in [0.05, 0.1) is 20.1 Å². The largest absolute Gasteiger partial charge is 0.497 e. The second kappa shape index (κ2) is 9.51. The quantitative estimate of drug-likeness (QED) is 0.756. The normalized spacial score (nSPS) is 19.4. The molecule has 0 aliphatic carbocycles. The van der Waals surface area contributed by atoms with Crippen LogP contribution in [0.2, 0.25) is 0 Å². The smallest absolute Gasteiger partial charge is 0.225 e. The van der Waals surface area contributed by atoms with Crippen LogP contribution in [0.1, 0.15) is 52.5 Å². The van der Waals surface area contributed by atoms with Gasteiger partial charge in [-0.1, -0.05) is 40.7 Å². The highest BCUT2D eigenvalue weighted by molar-refractivity contribution is 5.83. The summed E-state index contributed by atoms with van der Waals surface area (Å²) in [6.45, 7) is 11.9. The average molecular weight is 405 g/mol. The van der Waals surface area contributed by atoms with Crippen molar-refractivity contribution in [3.05, 3.63) is 23.8 Å². The second-order valence-electron chi connectivity index (χ2n) is 9.50. The molecule has 0 radical (unpaired) electrons. The van der Waals surface area contributed by atoms with E-state index in [0.717, 1.165) is 5.56 Å². The predicted octanol–water partition coefficient (Wildman–Crippen LogP) is 3.45. The number of ether oxygens (including phenoxy) is 2. The highest BCUT2D eigenvalue weighted by atomic mass is 16.5. The van der Waals surface area contributed by atoms with Crippen molar-refractivity contribution in [3.63, 3.8) is 0 Å². The molecule has 1 aromatic rings. The van der Waals surface area contributed by atoms with Gasteiger partial charge in [-0.15, -0.1) is 0 Å². The Bertz CT molecular complexity index is 724. The standard InChI is InChI=1S/C23H36N2O4/c1-15(2)12-24-22(27)19-14-25(21(26)11-23(3,4)5)13-18(19)17-9-8-16(28-6)10-20(17)29-7/h8-10,15,18-19H,11-14H2,1-7H3,(H,24,27). The molecule has 2 atom stereocenters. The summed E-state index contributed by atoms with van der Waals surface area (Å²) >= 11 is 0. The third-order valence-electron chi connectivity index (χ3n) is 5.22. The molecule has 1 saturated heterocycles. The molecule has 0 saturated carbocycles. The van der Waals surface area contributed by atoms with Crippen LogP contribution in [0.5, 0.6) is 11.5 Å². The molecule has 1 aromatic carbocycles. The monoisotopic (exact) mass is 404 g/mol.